The summed E-state index contributed by atoms with van der Waals surface area (Å²) in [5.74, 6) is 2.27. The highest BCUT2D eigenvalue weighted by molar-refractivity contribution is 5.74. The normalized spacial score (nSPS) is 30.0. The molecule has 0 amide bonds. The van der Waals surface area contributed by atoms with E-state index in [4.69, 9.17) is 0 Å². The van der Waals surface area contributed by atoms with Crippen LogP contribution in [-0.4, -0.2) is 6.29 Å². The quantitative estimate of drug-likeness (QED) is 0.682. The first kappa shape index (κ1) is 11.4. The Balaban J connectivity index is 2.18. The lowest BCUT2D eigenvalue weighted by Gasteiger charge is -2.34. The van der Waals surface area contributed by atoms with Crippen LogP contribution in [0.2, 0.25) is 0 Å². The molecule has 1 fully saturated rings. The van der Waals surface area contributed by atoms with Crippen LogP contribution in [0.4, 0.5) is 0 Å². The highest BCUT2D eigenvalue weighted by Gasteiger charge is 2.27. The molecular weight excluding hydrogens is 196 g/mol. The third kappa shape index (κ3) is 2.18. The summed E-state index contributed by atoms with van der Waals surface area (Å²) in [6.45, 7) is 4.72. The molecule has 1 aromatic carbocycles. The van der Waals surface area contributed by atoms with Gasteiger partial charge in [0.2, 0.25) is 0 Å². The van der Waals surface area contributed by atoms with Crippen molar-refractivity contribution in [2.75, 3.05) is 0 Å². The fourth-order valence-corrected chi connectivity index (χ4v) is 2.87. The first-order valence-corrected chi connectivity index (χ1v) is 6.27. The van der Waals surface area contributed by atoms with E-state index in [-0.39, 0.29) is 0 Å². The maximum absolute atomic E-state index is 10.6. The average molecular weight is 216 g/mol. The molecule has 2 rings (SSSR count). The largest absolute Gasteiger partial charge is 0.298 e. The van der Waals surface area contributed by atoms with Gasteiger partial charge in [0.15, 0.2) is 0 Å². The lowest BCUT2D eigenvalue weighted by Crippen LogP contribution is -2.22. The molecule has 1 heteroatoms. The number of aldehydes is 1. The van der Waals surface area contributed by atoms with Crippen LogP contribution in [0.25, 0.3) is 0 Å². The van der Waals surface area contributed by atoms with Gasteiger partial charge in [-0.2, -0.15) is 0 Å². The Morgan fingerprint density at radius 2 is 1.81 bits per heavy atom. The molecule has 1 aliphatic rings. The molecule has 3 atom stereocenters. The summed E-state index contributed by atoms with van der Waals surface area (Å²) in [7, 11) is 0. The maximum Gasteiger partial charge on any atom is 0.150 e. The smallest absolute Gasteiger partial charge is 0.150 e. The molecule has 86 valence electrons. The van der Waals surface area contributed by atoms with E-state index in [9.17, 15) is 4.79 Å². The van der Waals surface area contributed by atoms with Crippen molar-refractivity contribution in [3.8, 4) is 0 Å². The highest BCUT2D eigenvalue weighted by Crippen LogP contribution is 2.40. The van der Waals surface area contributed by atoms with Crippen LogP contribution >= 0.6 is 0 Å². The molecule has 1 saturated carbocycles. The first-order valence-electron chi connectivity index (χ1n) is 6.27. The van der Waals surface area contributed by atoms with Crippen molar-refractivity contribution >= 4 is 6.29 Å². The Hall–Kier alpha value is -1.11. The monoisotopic (exact) mass is 216 g/mol. The molecule has 0 saturated heterocycles. The van der Waals surface area contributed by atoms with Crippen molar-refractivity contribution in [1.82, 2.24) is 0 Å². The Kier molecular flexibility index (Phi) is 3.42. The molecule has 1 aliphatic carbocycles. The predicted octanol–water partition coefficient (Wildman–Crippen LogP) is 4.04. The maximum atomic E-state index is 10.6. The zero-order chi connectivity index (χ0) is 11.5. The van der Waals surface area contributed by atoms with Crippen molar-refractivity contribution in [2.24, 2.45) is 11.8 Å². The Labute approximate surface area is 97.9 Å². The second-order valence-electron chi connectivity index (χ2n) is 5.16. The number of hydrogen-bond donors (Lipinski definition) is 0. The Morgan fingerprint density at radius 1 is 1.12 bits per heavy atom. The molecule has 1 aromatic rings. The van der Waals surface area contributed by atoms with Crippen molar-refractivity contribution in [3.05, 3.63) is 35.4 Å². The van der Waals surface area contributed by atoms with Gasteiger partial charge in [-0.05, 0) is 29.7 Å². The Morgan fingerprint density at radius 3 is 2.44 bits per heavy atom. The number of carbonyl (C=O) groups is 1. The van der Waals surface area contributed by atoms with E-state index >= 15 is 0 Å². The van der Waals surface area contributed by atoms with Gasteiger partial charge in [0.25, 0.3) is 0 Å². The van der Waals surface area contributed by atoms with E-state index in [2.05, 4.69) is 26.0 Å². The summed E-state index contributed by atoms with van der Waals surface area (Å²) >= 11 is 0. The van der Waals surface area contributed by atoms with Gasteiger partial charge in [-0.1, -0.05) is 51.0 Å². The summed E-state index contributed by atoms with van der Waals surface area (Å²) in [6.07, 6.45) is 4.92. The van der Waals surface area contributed by atoms with Gasteiger partial charge in [0.1, 0.15) is 6.29 Å². The van der Waals surface area contributed by atoms with Crippen molar-refractivity contribution < 1.29 is 4.79 Å². The molecule has 0 bridgehead atoms. The standard InChI is InChI=1S/C15H20O/c1-11-4-3-5-15(12(11)2)14-8-6-13(10-16)7-9-14/h6-12,15H,3-5H2,1-2H3. The molecular formula is C15H20O. The molecule has 0 radical (unpaired) electrons. The summed E-state index contributed by atoms with van der Waals surface area (Å²) in [4.78, 5) is 10.6. The molecule has 0 aromatic heterocycles. The molecule has 0 aliphatic heterocycles. The molecule has 1 nitrogen and oxygen atoms in total. The minimum Gasteiger partial charge on any atom is -0.298 e. The van der Waals surface area contributed by atoms with Gasteiger partial charge in [0, 0.05) is 5.56 Å². The molecule has 0 heterocycles. The van der Waals surface area contributed by atoms with Crippen molar-refractivity contribution in [3.63, 3.8) is 0 Å². The van der Waals surface area contributed by atoms with E-state index in [1.54, 1.807) is 0 Å². The SMILES string of the molecule is CC1CCCC(c2ccc(C=O)cc2)C1C. The van der Waals surface area contributed by atoms with Gasteiger partial charge in [0.05, 0.1) is 0 Å². The minimum absolute atomic E-state index is 0.685. The van der Waals surface area contributed by atoms with Crippen molar-refractivity contribution in [1.29, 1.82) is 0 Å². The van der Waals surface area contributed by atoms with Crippen LogP contribution < -0.4 is 0 Å². The predicted molar refractivity (Wildman–Crippen MR) is 66.7 cm³/mol. The zero-order valence-electron chi connectivity index (χ0n) is 10.1. The summed E-state index contributed by atoms with van der Waals surface area (Å²) in [6, 6.07) is 8.13. The van der Waals surface area contributed by atoms with E-state index in [1.165, 1.54) is 24.8 Å². The van der Waals surface area contributed by atoms with E-state index in [1.807, 2.05) is 12.1 Å². The number of hydrogen-bond acceptors (Lipinski definition) is 1. The van der Waals surface area contributed by atoms with Gasteiger partial charge >= 0.3 is 0 Å². The third-order valence-corrected chi connectivity index (χ3v) is 4.21. The number of rotatable bonds is 2. The Bertz CT molecular complexity index is 352. The van der Waals surface area contributed by atoms with Crippen LogP contribution in [0.3, 0.4) is 0 Å². The number of benzene rings is 1. The fraction of sp³-hybridized carbons (Fsp3) is 0.533. The third-order valence-electron chi connectivity index (χ3n) is 4.21. The van der Waals surface area contributed by atoms with Crippen LogP contribution in [0.5, 0.6) is 0 Å². The molecule has 0 spiro atoms. The lowest BCUT2D eigenvalue weighted by molar-refractivity contribution is 0.112. The second kappa shape index (κ2) is 4.82. The van der Waals surface area contributed by atoms with Gasteiger partial charge < -0.3 is 0 Å². The highest BCUT2D eigenvalue weighted by atomic mass is 16.1. The molecule has 0 N–H and O–H groups in total. The van der Waals surface area contributed by atoms with Gasteiger partial charge in [-0.15, -0.1) is 0 Å². The first-order chi connectivity index (χ1) is 7.72. The van der Waals surface area contributed by atoms with Crippen LogP contribution in [-0.2, 0) is 0 Å². The van der Waals surface area contributed by atoms with Crippen LogP contribution in [0, 0.1) is 11.8 Å². The molecule has 16 heavy (non-hydrogen) atoms. The topological polar surface area (TPSA) is 17.1 Å². The van der Waals surface area contributed by atoms with Gasteiger partial charge in [-0.3, -0.25) is 4.79 Å². The van der Waals surface area contributed by atoms with E-state index in [0.717, 1.165) is 23.7 Å². The molecule has 3 unspecified atom stereocenters. The van der Waals surface area contributed by atoms with Gasteiger partial charge in [-0.25, -0.2) is 0 Å². The second-order valence-corrected chi connectivity index (χ2v) is 5.16. The summed E-state index contributed by atoms with van der Waals surface area (Å²) in [5, 5.41) is 0. The minimum atomic E-state index is 0.685. The number of carbonyl (C=O) groups excluding carboxylic acids is 1. The summed E-state index contributed by atoms with van der Waals surface area (Å²) in [5.41, 5.74) is 2.19. The van der Waals surface area contributed by atoms with Crippen LogP contribution in [0.1, 0.15) is 54.9 Å². The lowest BCUT2D eigenvalue weighted by atomic mass is 9.71. The fourth-order valence-electron chi connectivity index (χ4n) is 2.87. The average Bonchev–Trinajstić information content (AvgIpc) is 2.33. The summed E-state index contributed by atoms with van der Waals surface area (Å²) < 4.78 is 0. The van der Waals surface area contributed by atoms with Crippen molar-refractivity contribution in [2.45, 2.75) is 39.0 Å². The van der Waals surface area contributed by atoms with E-state index in [0.29, 0.717) is 5.92 Å². The van der Waals surface area contributed by atoms with E-state index < -0.39 is 0 Å². The van der Waals surface area contributed by atoms with Crippen LogP contribution in [0.15, 0.2) is 24.3 Å². The zero-order valence-corrected chi connectivity index (χ0v) is 10.1.